The van der Waals surface area contributed by atoms with Crippen LogP contribution in [0.3, 0.4) is 0 Å². The van der Waals surface area contributed by atoms with Crippen LogP contribution in [-0.4, -0.2) is 144 Å². The monoisotopic (exact) mass is 825 g/mol. The van der Waals surface area contributed by atoms with Crippen molar-refractivity contribution in [3.05, 3.63) is 0 Å². The minimum atomic E-state index is -1.47. The molecule has 6 fully saturated rings. The molecule has 5 heterocycles. The van der Waals surface area contributed by atoms with Crippen molar-refractivity contribution in [2.24, 2.45) is 35.5 Å². The summed E-state index contributed by atoms with van der Waals surface area (Å²) in [5, 5.41) is 10.5. The summed E-state index contributed by atoms with van der Waals surface area (Å²) in [6.07, 6.45) is -5.60. The third kappa shape index (κ3) is 9.39. The van der Waals surface area contributed by atoms with Crippen molar-refractivity contribution in [2.75, 3.05) is 32.8 Å². The largest absolute Gasteiger partial charge is 0.458 e. The minimum absolute atomic E-state index is 0.00810. The quantitative estimate of drug-likeness (QED) is 0.255. The zero-order valence-corrected chi connectivity index (χ0v) is 36.2. The van der Waals surface area contributed by atoms with Gasteiger partial charge in [-0.3, -0.25) is 19.8 Å². The molecule has 0 radical (unpaired) electrons. The van der Waals surface area contributed by atoms with Crippen molar-refractivity contribution in [2.45, 2.75) is 174 Å². The van der Waals surface area contributed by atoms with Crippen LogP contribution in [0.4, 0.5) is 18.4 Å². The lowest BCUT2D eigenvalue weighted by molar-refractivity contribution is -0.197. The number of urea groups is 1. The number of hydrogen-bond acceptors (Lipinski definition) is 11. The van der Waals surface area contributed by atoms with Crippen molar-refractivity contribution < 1.29 is 46.9 Å². The Morgan fingerprint density at radius 1 is 0.897 bits per heavy atom. The fourth-order valence-electron chi connectivity index (χ4n) is 10.4. The topological polar surface area (TPSA) is 151 Å². The molecule has 3 N–H and O–H groups in total. The maximum Gasteiger partial charge on any atom is 0.410 e. The number of carbonyl (C=O) groups is 4. The van der Waals surface area contributed by atoms with Gasteiger partial charge in [0, 0.05) is 55.5 Å². The third-order valence-electron chi connectivity index (χ3n) is 13.2. The number of amides is 3. The minimum Gasteiger partial charge on any atom is -0.458 e. The van der Waals surface area contributed by atoms with Gasteiger partial charge in [0.05, 0.1) is 42.9 Å². The number of esters is 2. The zero-order chi connectivity index (χ0) is 42.4. The summed E-state index contributed by atoms with van der Waals surface area (Å²) in [4.78, 5) is 60.8. The number of alkyl halides is 2. The van der Waals surface area contributed by atoms with E-state index in [4.69, 9.17) is 18.9 Å². The van der Waals surface area contributed by atoms with Crippen molar-refractivity contribution >= 4 is 24.1 Å². The van der Waals surface area contributed by atoms with Gasteiger partial charge in [-0.1, -0.05) is 41.5 Å². The van der Waals surface area contributed by atoms with Crippen molar-refractivity contribution in [3.8, 4) is 0 Å². The van der Waals surface area contributed by atoms with Gasteiger partial charge in [0.25, 0.3) is 0 Å². The van der Waals surface area contributed by atoms with Crippen LogP contribution < -0.4 is 16.0 Å². The molecule has 6 rings (SSSR count). The van der Waals surface area contributed by atoms with Crippen molar-refractivity contribution in [1.29, 1.82) is 0 Å². The lowest BCUT2D eigenvalue weighted by Gasteiger charge is -2.60. The first-order valence-corrected chi connectivity index (χ1v) is 21.9. The second kappa shape index (κ2) is 18.0. The van der Waals surface area contributed by atoms with E-state index in [-0.39, 0.29) is 43.5 Å². The Kier molecular flexibility index (Phi) is 13.9. The van der Waals surface area contributed by atoms with Gasteiger partial charge in [-0.05, 0) is 72.3 Å². The first-order chi connectivity index (χ1) is 27.3. The van der Waals surface area contributed by atoms with Crippen LogP contribution in [0.1, 0.15) is 101 Å². The smallest absolute Gasteiger partial charge is 0.410 e. The summed E-state index contributed by atoms with van der Waals surface area (Å²) in [6.45, 7) is 20.0. The highest BCUT2D eigenvalue weighted by atomic mass is 19.1. The molecule has 2 bridgehead atoms. The summed E-state index contributed by atoms with van der Waals surface area (Å²) in [5.41, 5.74) is -0.657. The van der Waals surface area contributed by atoms with E-state index in [1.807, 2.05) is 27.7 Å². The maximum atomic E-state index is 17.1. The molecule has 0 aromatic rings. The van der Waals surface area contributed by atoms with E-state index in [2.05, 4.69) is 34.7 Å². The van der Waals surface area contributed by atoms with Gasteiger partial charge >= 0.3 is 24.1 Å². The van der Waals surface area contributed by atoms with E-state index in [1.54, 1.807) is 37.5 Å². The summed E-state index contributed by atoms with van der Waals surface area (Å²) in [6, 6.07) is -2.48. The molecule has 6 aliphatic rings. The first-order valence-electron chi connectivity index (χ1n) is 21.9. The fraction of sp³-hybridized carbons (Fsp3) is 0.905. The highest BCUT2D eigenvalue weighted by molar-refractivity contribution is 5.77. The molecule has 14 nitrogen and oxygen atoms in total. The molecular formula is C42H70F2N6O8. The van der Waals surface area contributed by atoms with E-state index < -0.39 is 108 Å². The molecule has 1 aliphatic carbocycles. The maximum absolute atomic E-state index is 17.1. The van der Waals surface area contributed by atoms with Gasteiger partial charge < -0.3 is 39.4 Å². The highest BCUT2D eigenvalue weighted by Gasteiger charge is 2.59. The Morgan fingerprint density at radius 2 is 1.59 bits per heavy atom. The Balaban J connectivity index is 1.45. The van der Waals surface area contributed by atoms with E-state index in [1.165, 1.54) is 0 Å². The number of hydrogen-bond donors (Lipinski definition) is 3. The molecule has 5 saturated heterocycles. The predicted molar refractivity (Wildman–Crippen MR) is 212 cm³/mol. The molecule has 330 valence electrons. The number of piperidine rings is 2. The van der Waals surface area contributed by atoms with Gasteiger partial charge in [0.1, 0.15) is 24.0 Å². The van der Waals surface area contributed by atoms with Gasteiger partial charge in [0.15, 0.2) is 6.10 Å². The van der Waals surface area contributed by atoms with E-state index in [0.29, 0.717) is 45.4 Å². The molecule has 16 heteroatoms. The van der Waals surface area contributed by atoms with Crippen LogP contribution in [0.2, 0.25) is 0 Å². The molecule has 1 saturated carbocycles. The third-order valence-corrected chi connectivity index (χ3v) is 13.2. The number of piperazine rings is 1. The molecule has 3 amide bonds. The van der Waals surface area contributed by atoms with E-state index in [0.717, 1.165) is 0 Å². The summed E-state index contributed by atoms with van der Waals surface area (Å²) >= 11 is 0. The van der Waals surface area contributed by atoms with Gasteiger partial charge in [-0.25, -0.2) is 18.4 Å². The van der Waals surface area contributed by atoms with Gasteiger partial charge in [-0.2, -0.15) is 0 Å². The Bertz CT molecular complexity index is 1480. The number of nitrogens with zero attached hydrogens (tertiary/aromatic N) is 3. The van der Waals surface area contributed by atoms with Crippen LogP contribution in [0.5, 0.6) is 0 Å². The molecule has 0 aromatic carbocycles. The summed E-state index contributed by atoms with van der Waals surface area (Å²) in [5.74, 6) is -3.88. The lowest BCUT2D eigenvalue weighted by atomic mass is 9.71. The molecule has 14 atom stereocenters. The molecular weight excluding hydrogens is 754 g/mol. The highest BCUT2D eigenvalue weighted by Crippen LogP contribution is 2.44. The summed E-state index contributed by atoms with van der Waals surface area (Å²) < 4.78 is 58.3. The van der Waals surface area contributed by atoms with Gasteiger partial charge in [0.2, 0.25) is 0 Å². The average molecular weight is 825 g/mol. The number of halogens is 2. The Morgan fingerprint density at radius 3 is 2.22 bits per heavy atom. The van der Waals surface area contributed by atoms with Crippen LogP contribution in [0.15, 0.2) is 0 Å². The lowest BCUT2D eigenvalue weighted by Crippen LogP contribution is -2.80. The Labute approximate surface area is 343 Å². The molecule has 0 aromatic heterocycles. The number of rotatable bonds is 6. The normalized spacial score (nSPS) is 38.8. The zero-order valence-electron chi connectivity index (χ0n) is 36.2. The standard InChI is InChI=1S/C42H70F2N6O8/c1-21(2)32-34-25(14-15-45-32)35(57-39(52)23(5)6)30(56-38(51)22(3)4)20-55-29-13-11-12-27(43)31(29)33-28(44)18-26-36(47-40(53)50(34)37(26)46-33)49-17-16-48(19-24(49)7)41(54)58-42(8,9)10/h21-37,45-46H,11-20H2,1-10H3,(H,47,53)/t24-,25?,26?,27?,28?,29?,30?,31?,32?,33?,34?,35?,36?,37?/m0/s1. The number of nitrogens with one attached hydrogen (secondary N) is 3. The van der Waals surface area contributed by atoms with Crippen LogP contribution in [0.25, 0.3) is 0 Å². The van der Waals surface area contributed by atoms with Crippen LogP contribution in [0, 0.1) is 35.5 Å². The fourth-order valence-corrected chi connectivity index (χ4v) is 10.4. The van der Waals surface area contributed by atoms with E-state index >= 15 is 13.6 Å². The van der Waals surface area contributed by atoms with Crippen molar-refractivity contribution in [3.63, 3.8) is 0 Å². The van der Waals surface area contributed by atoms with Crippen LogP contribution in [-0.2, 0) is 28.5 Å². The average Bonchev–Trinajstić information content (AvgIpc) is 3.14. The Hall–Kier alpha value is -2.82. The molecule has 58 heavy (non-hydrogen) atoms. The second-order valence-corrected chi connectivity index (χ2v) is 19.6. The molecule has 0 spiro atoms. The van der Waals surface area contributed by atoms with Gasteiger partial charge in [-0.15, -0.1) is 0 Å². The predicted octanol–water partition coefficient (Wildman–Crippen LogP) is 4.60. The molecule has 5 aliphatic heterocycles. The van der Waals surface area contributed by atoms with Crippen LogP contribution >= 0.6 is 0 Å². The van der Waals surface area contributed by atoms with Crippen molar-refractivity contribution in [1.82, 2.24) is 30.7 Å². The molecule has 13 unspecified atom stereocenters. The second-order valence-electron chi connectivity index (χ2n) is 19.6. The number of fused-ring (bicyclic) bond motifs is 5. The summed E-state index contributed by atoms with van der Waals surface area (Å²) in [7, 11) is 0. The number of ether oxygens (including phenoxy) is 4. The van der Waals surface area contributed by atoms with E-state index in [9.17, 15) is 14.4 Å². The number of carbonyl (C=O) groups excluding carboxylic acids is 4. The SMILES string of the molecule is CC(C)C(=O)OC1COC2CCCC(F)C2C2NC3C(CC2F)C(N2CCN(C(=O)OC(C)(C)C)C[C@@H]2C)NC(=O)N3C2C(CCNC2C(C)C)C1OC(=O)C(C)C. The first kappa shape index (κ1) is 44.7.